The zero-order valence-corrected chi connectivity index (χ0v) is 18.8. The van der Waals surface area contributed by atoms with Crippen LogP contribution in [0.15, 0.2) is 60.7 Å². The fraction of sp³-hybridized carbons (Fsp3) is 0.0385. The third-order valence-corrected chi connectivity index (χ3v) is 5.59. The molecule has 0 aliphatic rings. The van der Waals surface area contributed by atoms with E-state index in [0.717, 1.165) is 6.07 Å². The molecule has 7 N–H and O–H groups in total. The predicted molar refractivity (Wildman–Crippen MR) is 132 cm³/mol. The van der Waals surface area contributed by atoms with Gasteiger partial charge >= 0.3 is 11.9 Å². The predicted octanol–water partition coefficient (Wildman–Crippen LogP) is 4.19. The zero-order chi connectivity index (χ0) is 26.1. The van der Waals surface area contributed by atoms with Gasteiger partial charge in [-0.25, -0.2) is 14.0 Å². The number of aromatic hydroxyl groups is 1. The van der Waals surface area contributed by atoms with Gasteiger partial charge in [-0.15, -0.1) is 0 Å². The number of H-pyrrole nitrogens is 1. The van der Waals surface area contributed by atoms with Crippen molar-refractivity contribution in [3.8, 4) is 33.9 Å². The van der Waals surface area contributed by atoms with Gasteiger partial charge in [-0.2, -0.15) is 0 Å². The van der Waals surface area contributed by atoms with E-state index in [1.807, 2.05) is 0 Å². The Hall–Kier alpha value is -5.12. The first-order valence-electron chi connectivity index (χ1n) is 10.5. The van der Waals surface area contributed by atoms with Crippen LogP contribution in [0.2, 0.25) is 0 Å². The molecule has 0 radical (unpaired) electrons. The average molecular weight is 489 g/mol. The maximum atomic E-state index is 14.2. The van der Waals surface area contributed by atoms with E-state index in [1.165, 1.54) is 31.4 Å². The van der Waals surface area contributed by atoms with Crippen molar-refractivity contribution < 1.29 is 34.0 Å². The number of nitrogens with one attached hydrogen (secondary N) is 2. The van der Waals surface area contributed by atoms with Crippen LogP contribution in [0.25, 0.3) is 38.9 Å². The van der Waals surface area contributed by atoms with Crippen molar-refractivity contribution in [2.75, 3.05) is 7.11 Å². The van der Waals surface area contributed by atoms with Crippen molar-refractivity contribution in [2.24, 2.45) is 5.73 Å². The van der Waals surface area contributed by atoms with Gasteiger partial charge < -0.3 is 30.8 Å². The lowest BCUT2D eigenvalue weighted by molar-refractivity contribution is -0.133. The monoisotopic (exact) mass is 489 g/mol. The van der Waals surface area contributed by atoms with Crippen LogP contribution in [0, 0.1) is 11.2 Å². The summed E-state index contributed by atoms with van der Waals surface area (Å²) in [7, 11) is 1.36. The Morgan fingerprint density at radius 3 is 2.36 bits per heavy atom. The number of benzene rings is 3. The molecule has 0 atom stereocenters. The Morgan fingerprint density at radius 2 is 1.72 bits per heavy atom. The minimum absolute atomic E-state index is 0.0273. The number of rotatable bonds is 7. The van der Waals surface area contributed by atoms with Gasteiger partial charge in [-0.05, 0) is 60.2 Å². The van der Waals surface area contributed by atoms with E-state index in [0.29, 0.717) is 28.2 Å². The number of fused-ring (bicyclic) bond motifs is 1. The molecule has 0 aliphatic carbocycles. The van der Waals surface area contributed by atoms with Crippen molar-refractivity contribution in [3.05, 3.63) is 77.6 Å². The van der Waals surface area contributed by atoms with Gasteiger partial charge in [-0.3, -0.25) is 5.41 Å². The normalized spacial score (nSPS) is 11.4. The van der Waals surface area contributed by atoms with Crippen molar-refractivity contribution in [1.29, 1.82) is 5.41 Å². The molecule has 4 rings (SSSR count). The van der Waals surface area contributed by atoms with Crippen LogP contribution in [0.1, 0.15) is 11.1 Å². The lowest BCUT2D eigenvalue weighted by atomic mass is 9.93. The summed E-state index contributed by atoms with van der Waals surface area (Å²) in [5, 5.41) is 38.5. The number of methoxy groups -OCH3 is 1. The fourth-order valence-electron chi connectivity index (χ4n) is 3.93. The fourth-order valence-corrected chi connectivity index (χ4v) is 3.93. The van der Waals surface area contributed by atoms with E-state index < -0.39 is 23.3 Å². The Bertz CT molecular complexity index is 1590. The number of nitrogens with two attached hydrogens (primary N) is 1. The molecule has 0 spiro atoms. The molecule has 36 heavy (non-hydrogen) atoms. The number of ether oxygens (including phenoxy) is 1. The highest BCUT2D eigenvalue weighted by Gasteiger charge is 2.22. The number of carboxylic acid groups (broad SMARTS) is 2. The van der Waals surface area contributed by atoms with Gasteiger partial charge in [0.2, 0.25) is 0 Å². The largest absolute Gasteiger partial charge is 0.507 e. The van der Waals surface area contributed by atoms with Gasteiger partial charge in [0, 0.05) is 39.2 Å². The molecule has 9 nitrogen and oxygen atoms in total. The van der Waals surface area contributed by atoms with Crippen LogP contribution in [0.4, 0.5) is 4.39 Å². The Labute approximate surface area is 203 Å². The Morgan fingerprint density at radius 1 is 1.00 bits per heavy atom. The van der Waals surface area contributed by atoms with E-state index in [1.54, 1.807) is 24.3 Å². The molecule has 4 aromatic rings. The van der Waals surface area contributed by atoms with Crippen molar-refractivity contribution in [2.45, 2.75) is 0 Å². The zero-order valence-electron chi connectivity index (χ0n) is 18.8. The maximum Gasteiger partial charge on any atom is 0.336 e. The number of aromatic amines is 1. The second kappa shape index (κ2) is 9.26. The number of carboxylic acids is 2. The number of aliphatic carboxylic acids is 2. The van der Waals surface area contributed by atoms with E-state index in [4.69, 9.17) is 15.9 Å². The quantitative estimate of drug-likeness (QED) is 0.128. The molecule has 0 bridgehead atoms. The standard InChI is InChI=1S/C26H20FN3O6/c1-36-22-5-3-15(27)10-17(22)18-7-13(16(26(34)35)11-23(31)32)8-19(24(18)33)21-9-14-6-12(25(28)29)2-4-20(14)30-21/h2-11,30,33H,1H3,(H3,28,29)(H,31,32)(H,34,35)/b16-11-. The number of phenolic OH excluding ortho intramolecular Hbond substituents is 1. The number of halogens is 1. The highest BCUT2D eigenvalue weighted by atomic mass is 19.1. The molecule has 182 valence electrons. The molecular formula is C26H20FN3O6. The van der Waals surface area contributed by atoms with Crippen molar-refractivity contribution >= 4 is 34.3 Å². The van der Waals surface area contributed by atoms with Crippen LogP contribution in [0.5, 0.6) is 11.5 Å². The van der Waals surface area contributed by atoms with Crippen LogP contribution in [-0.4, -0.2) is 45.2 Å². The summed E-state index contributed by atoms with van der Waals surface area (Å²) in [6, 6.07) is 12.9. The topological polar surface area (TPSA) is 170 Å². The minimum Gasteiger partial charge on any atom is -0.507 e. The summed E-state index contributed by atoms with van der Waals surface area (Å²) in [4.78, 5) is 26.4. The van der Waals surface area contributed by atoms with E-state index in [9.17, 15) is 29.3 Å². The number of aromatic nitrogens is 1. The smallest absolute Gasteiger partial charge is 0.336 e. The van der Waals surface area contributed by atoms with E-state index in [2.05, 4.69) is 4.98 Å². The molecule has 0 amide bonds. The van der Waals surface area contributed by atoms with Gasteiger partial charge in [0.15, 0.2) is 0 Å². The highest BCUT2D eigenvalue weighted by molar-refractivity contribution is 6.20. The van der Waals surface area contributed by atoms with Crippen LogP contribution >= 0.6 is 0 Å². The molecule has 3 aromatic carbocycles. The first-order chi connectivity index (χ1) is 17.1. The van der Waals surface area contributed by atoms with Crippen LogP contribution < -0.4 is 10.5 Å². The first-order valence-corrected chi connectivity index (χ1v) is 10.5. The maximum absolute atomic E-state index is 14.2. The van der Waals surface area contributed by atoms with Gasteiger partial charge in [0.05, 0.1) is 18.4 Å². The third kappa shape index (κ3) is 4.47. The number of carbonyl (C=O) groups is 2. The lowest BCUT2D eigenvalue weighted by Crippen LogP contribution is -2.10. The van der Waals surface area contributed by atoms with Gasteiger partial charge in [-0.1, -0.05) is 0 Å². The number of hydrogen-bond acceptors (Lipinski definition) is 5. The van der Waals surface area contributed by atoms with Gasteiger partial charge in [0.1, 0.15) is 23.2 Å². The van der Waals surface area contributed by atoms with Crippen molar-refractivity contribution in [1.82, 2.24) is 4.98 Å². The summed E-state index contributed by atoms with van der Waals surface area (Å²) in [5.74, 6) is -3.85. The summed E-state index contributed by atoms with van der Waals surface area (Å²) < 4.78 is 19.5. The number of phenols is 1. The number of nitrogen functional groups attached to an aromatic ring is 1. The molecule has 0 saturated heterocycles. The summed E-state index contributed by atoms with van der Waals surface area (Å²) in [6.45, 7) is 0. The second-order valence-electron chi connectivity index (χ2n) is 7.86. The number of amidine groups is 1. The average Bonchev–Trinajstić information content (AvgIpc) is 3.25. The molecule has 0 aliphatic heterocycles. The molecule has 1 heterocycles. The van der Waals surface area contributed by atoms with Gasteiger partial charge in [0.25, 0.3) is 0 Å². The minimum atomic E-state index is -1.51. The Balaban J connectivity index is 2.05. The third-order valence-electron chi connectivity index (χ3n) is 5.59. The molecular weight excluding hydrogens is 469 g/mol. The summed E-state index contributed by atoms with van der Waals surface area (Å²) in [6.07, 6.45) is 0.537. The van der Waals surface area contributed by atoms with E-state index >= 15 is 0 Å². The molecule has 0 fully saturated rings. The highest BCUT2D eigenvalue weighted by Crippen LogP contribution is 2.44. The van der Waals surface area contributed by atoms with Crippen molar-refractivity contribution in [3.63, 3.8) is 0 Å². The molecule has 0 saturated carbocycles. The lowest BCUT2D eigenvalue weighted by Gasteiger charge is -2.15. The number of hydrogen-bond donors (Lipinski definition) is 6. The summed E-state index contributed by atoms with van der Waals surface area (Å²) >= 11 is 0. The Kier molecular flexibility index (Phi) is 6.18. The van der Waals surface area contributed by atoms with E-state index in [-0.39, 0.29) is 39.6 Å². The van der Waals surface area contributed by atoms with Crippen LogP contribution in [0.3, 0.4) is 0 Å². The molecule has 10 heteroatoms. The molecule has 1 aromatic heterocycles. The summed E-state index contributed by atoms with van der Waals surface area (Å²) in [5.41, 5.74) is 6.76. The van der Waals surface area contributed by atoms with Crippen LogP contribution in [-0.2, 0) is 9.59 Å². The second-order valence-corrected chi connectivity index (χ2v) is 7.86. The first kappa shape index (κ1) is 24.0. The molecule has 0 unspecified atom stereocenters. The SMILES string of the molecule is COc1ccc(F)cc1-c1cc(/C(=C/C(=O)O)C(=O)O)cc(-c2cc3cc(C(=N)N)ccc3[nH]2)c1O.